The number of nitrogens with zero attached hydrogens (tertiary/aromatic N) is 1. The fourth-order valence-corrected chi connectivity index (χ4v) is 2.35. The first-order valence-corrected chi connectivity index (χ1v) is 7.10. The topological polar surface area (TPSA) is 3.24 Å². The van der Waals surface area contributed by atoms with Gasteiger partial charge < -0.3 is 4.90 Å². The third-order valence-corrected chi connectivity index (χ3v) is 3.39. The van der Waals surface area contributed by atoms with Crippen LogP contribution >= 0.6 is 15.9 Å². The van der Waals surface area contributed by atoms with Gasteiger partial charge in [0.2, 0.25) is 0 Å². The summed E-state index contributed by atoms with van der Waals surface area (Å²) in [6, 6.07) is 8.83. The molecule has 86 valence electrons. The lowest BCUT2D eigenvalue weighted by molar-refractivity contribution is 0.949. The van der Waals surface area contributed by atoms with Crippen molar-refractivity contribution in [3.63, 3.8) is 0 Å². The second kappa shape index (κ2) is 6.09. The molecule has 0 atom stereocenters. The Labute approximate surface area is 106 Å². The third kappa shape index (κ3) is 3.11. The van der Waals surface area contributed by atoms with Crippen molar-refractivity contribution in [2.24, 2.45) is 0 Å². The Bertz CT molecular complexity index is 354. The lowest BCUT2D eigenvalue weighted by Gasteiger charge is -2.17. The van der Waals surface area contributed by atoms with Gasteiger partial charge in [0.1, 0.15) is 0 Å². The molecule has 0 amide bonds. The summed E-state index contributed by atoms with van der Waals surface area (Å²) in [4.78, 5) is 2.47. The molecular formula is C14H18BrN. The number of alkyl halides is 1. The minimum Gasteiger partial charge on any atom is -0.372 e. The highest BCUT2D eigenvalue weighted by molar-refractivity contribution is 9.09. The van der Waals surface area contributed by atoms with Gasteiger partial charge in [-0.3, -0.25) is 0 Å². The number of hydrogen-bond acceptors (Lipinski definition) is 1. The molecule has 0 radical (unpaired) electrons. The van der Waals surface area contributed by atoms with E-state index >= 15 is 0 Å². The number of allylic oxidation sites excluding steroid dienone is 1. The van der Waals surface area contributed by atoms with Crippen molar-refractivity contribution in [3.05, 3.63) is 35.9 Å². The Morgan fingerprint density at radius 3 is 2.81 bits per heavy atom. The van der Waals surface area contributed by atoms with Crippen molar-refractivity contribution in [2.75, 3.05) is 23.3 Å². The molecule has 1 aliphatic rings. The molecule has 1 heterocycles. The van der Waals surface area contributed by atoms with Crippen molar-refractivity contribution in [1.82, 2.24) is 0 Å². The Balaban J connectivity index is 2.06. The van der Waals surface area contributed by atoms with Crippen LogP contribution in [0.3, 0.4) is 0 Å². The lowest BCUT2D eigenvalue weighted by atomic mass is 10.1. The summed E-state index contributed by atoms with van der Waals surface area (Å²) in [6.45, 7) is 2.43. The van der Waals surface area contributed by atoms with Crippen LogP contribution in [-0.4, -0.2) is 18.4 Å². The molecule has 1 aromatic carbocycles. The second-order valence-electron chi connectivity index (χ2n) is 4.17. The fraction of sp³-hybridized carbons (Fsp3) is 0.429. The molecule has 0 unspecified atom stereocenters. The van der Waals surface area contributed by atoms with Gasteiger partial charge in [-0.25, -0.2) is 0 Å². The zero-order chi connectivity index (χ0) is 11.2. The number of benzene rings is 1. The maximum absolute atomic E-state index is 3.43. The Morgan fingerprint density at radius 1 is 1.25 bits per heavy atom. The summed E-state index contributed by atoms with van der Waals surface area (Å²) in [5.74, 6) is 0. The minimum absolute atomic E-state index is 1.04. The molecule has 0 aliphatic carbocycles. The van der Waals surface area contributed by atoms with Crippen molar-refractivity contribution in [1.29, 1.82) is 0 Å². The molecule has 0 spiro atoms. The van der Waals surface area contributed by atoms with Gasteiger partial charge in [0.25, 0.3) is 0 Å². The Kier molecular flexibility index (Phi) is 4.46. The molecule has 16 heavy (non-hydrogen) atoms. The number of rotatable bonds is 4. The molecule has 1 fully saturated rings. The van der Waals surface area contributed by atoms with Crippen LogP contribution in [0.1, 0.15) is 24.8 Å². The predicted octanol–water partition coefficient (Wildman–Crippen LogP) is 4.09. The highest BCUT2D eigenvalue weighted by atomic mass is 79.9. The van der Waals surface area contributed by atoms with E-state index in [1.165, 1.54) is 37.2 Å². The summed E-state index contributed by atoms with van der Waals surface area (Å²) in [6.07, 6.45) is 8.19. The Hall–Kier alpha value is -0.760. The minimum atomic E-state index is 1.04. The normalized spacial score (nSPS) is 16.2. The SMILES string of the molecule is BrCCC=Cc1cccc(N2CCCC2)c1. The van der Waals surface area contributed by atoms with E-state index in [2.05, 4.69) is 57.2 Å². The summed E-state index contributed by atoms with van der Waals surface area (Å²) in [7, 11) is 0. The lowest BCUT2D eigenvalue weighted by Crippen LogP contribution is -2.17. The predicted molar refractivity (Wildman–Crippen MR) is 75.3 cm³/mol. The van der Waals surface area contributed by atoms with Crippen LogP contribution in [-0.2, 0) is 0 Å². The molecule has 1 aromatic rings. The average molecular weight is 280 g/mol. The van der Waals surface area contributed by atoms with E-state index in [1.54, 1.807) is 0 Å². The molecule has 1 saturated heterocycles. The summed E-state index contributed by atoms with van der Waals surface area (Å²) >= 11 is 3.43. The van der Waals surface area contributed by atoms with E-state index in [1.807, 2.05) is 0 Å². The van der Waals surface area contributed by atoms with Crippen LogP contribution in [0.4, 0.5) is 5.69 Å². The van der Waals surface area contributed by atoms with E-state index < -0.39 is 0 Å². The standard InChI is InChI=1S/C14H18BrN/c15-9-2-1-6-13-7-5-8-14(12-13)16-10-3-4-11-16/h1,5-8,12H,2-4,9-11H2. The number of hydrogen-bond donors (Lipinski definition) is 0. The smallest absolute Gasteiger partial charge is 0.0372 e. The summed E-state index contributed by atoms with van der Waals surface area (Å²) in [5, 5.41) is 1.04. The van der Waals surface area contributed by atoms with Gasteiger partial charge >= 0.3 is 0 Å². The zero-order valence-corrected chi connectivity index (χ0v) is 11.1. The number of anilines is 1. The fourth-order valence-electron chi connectivity index (χ4n) is 2.08. The van der Waals surface area contributed by atoms with Gasteiger partial charge in [0, 0.05) is 24.1 Å². The second-order valence-corrected chi connectivity index (χ2v) is 4.96. The first-order valence-electron chi connectivity index (χ1n) is 5.97. The van der Waals surface area contributed by atoms with E-state index in [0.717, 1.165) is 11.8 Å². The quantitative estimate of drug-likeness (QED) is 0.751. The van der Waals surface area contributed by atoms with E-state index in [9.17, 15) is 0 Å². The highest BCUT2D eigenvalue weighted by Crippen LogP contribution is 2.21. The van der Waals surface area contributed by atoms with Crippen LogP contribution in [0.25, 0.3) is 6.08 Å². The average Bonchev–Trinajstić information content (AvgIpc) is 2.83. The largest absolute Gasteiger partial charge is 0.372 e. The molecule has 1 nitrogen and oxygen atoms in total. The maximum atomic E-state index is 3.43. The van der Waals surface area contributed by atoms with Crippen LogP contribution in [0.15, 0.2) is 30.3 Å². The maximum Gasteiger partial charge on any atom is 0.0372 e. The van der Waals surface area contributed by atoms with Crippen molar-refractivity contribution >= 4 is 27.7 Å². The van der Waals surface area contributed by atoms with Gasteiger partial charge in [-0.05, 0) is 37.0 Å². The Morgan fingerprint density at radius 2 is 2.06 bits per heavy atom. The van der Waals surface area contributed by atoms with E-state index in [-0.39, 0.29) is 0 Å². The zero-order valence-electron chi connectivity index (χ0n) is 9.53. The molecule has 2 rings (SSSR count). The van der Waals surface area contributed by atoms with Crippen molar-refractivity contribution in [2.45, 2.75) is 19.3 Å². The van der Waals surface area contributed by atoms with Gasteiger partial charge in [0.15, 0.2) is 0 Å². The van der Waals surface area contributed by atoms with Crippen LogP contribution in [0, 0.1) is 0 Å². The molecular weight excluding hydrogens is 262 g/mol. The highest BCUT2D eigenvalue weighted by Gasteiger charge is 2.11. The molecule has 2 heteroatoms. The van der Waals surface area contributed by atoms with Crippen LogP contribution in [0.5, 0.6) is 0 Å². The monoisotopic (exact) mass is 279 g/mol. The third-order valence-electron chi connectivity index (χ3n) is 2.93. The van der Waals surface area contributed by atoms with Gasteiger partial charge in [0.05, 0.1) is 0 Å². The molecule has 0 aromatic heterocycles. The first kappa shape index (κ1) is 11.7. The molecule has 0 N–H and O–H groups in total. The van der Waals surface area contributed by atoms with Crippen LogP contribution < -0.4 is 4.90 Å². The summed E-state index contributed by atoms with van der Waals surface area (Å²) < 4.78 is 0. The van der Waals surface area contributed by atoms with E-state index in [4.69, 9.17) is 0 Å². The van der Waals surface area contributed by atoms with Crippen molar-refractivity contribution in [3.8, 4) is 0 Å². The summed E-state index contributed by atoms with van der Waals surface area (Å²) in [5.41, 5.74) is 2.68. The van der Waals surface area contributed by atoms with Gasteiger partial charge in [-0.2, -0.15) is 0 Å². The number of halogens is 1. The first-order chi connectivity index (χ1) is 7.90. The molecule has 1 aliphatic heterocycles. The molecule has 0 saturated carbocycles. The van der Waals surface area contributed by atoms with E-state index in [0.29, 0.717) is 0 Å². The van der Waals surface area contributed by atoms with Crippen LogP contribution in [0.2, 0.25) is 0 Å². The van der Waals surface area contributed by atoms with Gasteiger partial charge in [-0.1, -0.05) is 40.2 Å². The molecule has 0 bridgehead atoms. The van der Waals surface area contributed by atoms with Crippen molar-refractivity contribution < 1.29 is 0 Å². The van der Waals surface area contributed by atoms with Gasteiger partial charge in [-0.15, -0.1) is 0 Å².